The van der Waals surface area contributed by atoms with Crippen molar-refractivity contribution in [3.05, 3.63) is 35.6 Å². The third kappa shape index (κ3) is 4.51. The second-order valence-corrected chi connectivity index (χ2v) is 5.95. The van der Waals surface area contributed by atoms with E-state index < -0.39 is 0 Å². The third-order valence-corrected chi connectivity index (χ3v) is 3.62. The summed E-state index contributed by atoms with van der Waals surface area (Å²) in [5.41, 5.74) is 0.980. The van der Waals surface area contributed by atoms with Crippen LogP contribution in [0.2, 0.25) is 0 Å². The first kappa shape index (κ1) is 14.8. The highest BCUT2D eigenvalue weighted by molar-refractivity contribution is 5.74. The predicted octanol–water partition coefficient (Wildman–Crippen LogP) is 3.62. The Bertz CT molecular complexity index is 440. The zero-order valence-corrected chi connectivity index (χ0v) is 12.2. The van der Waals surface area contributed by atoms with Crippen molar-refractivity contribution in [3.63, 3.8) is 0 Å². The normalized spacial score (nSPS) is 16.0. The van der Waals surface area contributed by atoms with Crippen molar-refractivity contribution < 1.29 is 9.18 Å². The molecule has 0 bridgehead atoms. The average Bonchev–Trinajstić information content (AvgIpc) is 3.21. The summed E-state index contributed by atoms with van der Waals surface area (Å²) < 4.78 is 13.0. The van der Waals surface area contributed by atoms with E-state index >= 15 is 0 Å². The molecule has 2 amide bonds. The van der Waals surface area contributed by atoms with Crippen LogP contribution in [0, 0.1) is 17.7 Å². The molecule has 1 aromatic rings. The van der Waals surface area contributed by atoms with Crippen molar-refractivity contribution in [1.82, 2.24) is 10.6 Å². The lowest BCUT2D eigenvalue weighted by Crippen LogP contribution is -2.39. The molecule has 1 fully saturated rings. The first-order valence-corrected chi connectivity index (χ1v) is 7.36. The highest BCUT2D eigenvalue weighted by Gasteiger charge is 2.33. The fraction of sp³-hybridized carbons (Fsp3) is 0.562. The molecule has 1 aromatic carbocycles. The minimum Gasteiger partial charge on any atom is -0.338 e. The molecule has 20 heavy (non-hydrogen) atoms. The standard InChI is InChI=1S/C16H23FN2O/c1-11(2)9-10-18-16(20)19-15(12-3-4-12)13-5-7-14(17)8-6-13/h5-8,11-12,15H,3-4,9-10H2,1-2H3,(H2,18,19,20). The van der Waals surface area contributed by atoms with Crippen molar-refractivity contribution in [3.8, 4) is 0 Å². The smallest absolute Gasteiger partial charge is 0.315 e. The predicted molar refractivity (Wildman–Crippen MR) is 77.9 cm³/mol. The van der Waals surface area contributed by atoms with Crippen LogP contribution in [0.4, 0.5) is 9.18 Å². The highest BCUT2D eigenvalue weighted by Crippen LogP contribution is 2.40. The molecule has 3 nitrogen and oxygen atoms in total. The maximum atomic E-state index is 13.0. The Morgan fingerprint density at radius 1 is 1.30 bits per heavy atom. The Morgan fingerprint density at radius 2 is 1.95 bits per heavy atom. The van der Waals surface area contributed by atoms with Crippen LogP contribution in [0.1, 0.15) is 44.7 Å². The molecule has 110 valence electrons. The van der Waals surface area contributed by atoms with Crippen LogP contribution in [0.5, 0.6) is 0 Å². The lowest BCUT2D eigenvalue weighted by atomic mass is 10.0. The van der Waals surface area contributed by atoms with Crippen molar-refractivity contribution in [1.29, 1.82) is 0 Å². The maximum absolute atomic E-state index is 13.0. The Kier molecular flexibility index (Phi) is 4.99. The quantitative estimate of drug-likeness (QED) is 0.820. The molecule has 0 heterocycles. The minimum atomic E-state index is -0.246. The molecule has 0 spiro atoms. The van der Waals surface area contributed by atoms with E-state index in [1.165, 1.54) is 12.1 Å². The monoisotopic (exact) mass is 278 g/mol. The Labute approximate surface area is 120 Å². The number of nitrogens with one attached hydrogen (secondary N) is 2. The summed E-state index contributed by atoms with van der Waals surface area (Å²) >= 11 is 0. The van der Waals surface area contributed by atoms with E-state index in [1.807, 2.05) is 0 Å². The molecule has 0 aliphatic heterocycles. The Hall–Kier alpha value is -1.58. The van der Waals surface area contributed by atoms with Crippen molar-refractivity contribution >= 4 is 6.03 Å². The fourth-order valence-electron chi connectivity index (χ4n) is 2.24. The van der Waals surface area contributed by atoms with Gasteiger partial charge in [0, 0.05) is 6.54 Å². The summed E-state index contributed by atoms with van der Waals surface area (Å²) in [6, 6.07) is 6.27. The number of carbonyl (C=O) groups is 1. The SMILES string of the molecule is CC(C)CCNC(=O)NC(c1ccc(F)cc1)C1CC1. The van der Waals surface area contributed by atoms with Crippen molar-refractivity contribution in [2.24, 2.45) is 11.8 Å². The first-order valence-electron chi connectivity index (χ1n) is 7.36. The number of rotatable bonds is 6. The fourth-order valence-corrected chi connectivity index (χ4v) is 2.24. The van der Waals surface area contributed by atoms with Gasteiger partial charge in [0.15, 0.2) is 0 Å². The number of urea groups is 1. The van der Waals surface area contributed by atoms with Gasteiger partial charge < -0.3 is 10.6 Å². The van der Waals surface area contributed by atoms with Gasteiger partial charge >= 0.3 is 6.03 Å². The average molecular weight is 278 g/mol. The van der Waals surface area contributed by atoms with Crippen LogP contribution in [-0.2, 0) is 0 Å². The molecule has 2 rings (SSSR count). The van der Waals surface area contributed by atoms with E-state index in [4.69, 9.17) is 0 Å². The number of carbonyl (C=O) groups excluding carboxylic acids is 1. The summed E-state index contributed by atoms with van der Waals surface area (Å²) in [6.07, 6.45) is 3.21. The zero-order chi connectivity index (χ0) is 14.5. The van der Waals surface area contributed by atoms with E-state index in [0.717, 1.165) is 24.8 Å². The molecule has 4 heteroatoms. The van der Waals surface area contributed by atoms with Crippen LogP contribution < -0.4 is 10.6 Å². The van der Waals surface area contributed by atoms with Crippen LogP contribution in [0.15, 0.2) is 24.3 Å². The maximum Gasteiger partial charge on any atom is 0.315 e. The van der Waals surface area contributed by atoms with Gasteiger partial charge in [0.2, 0.25) is 0 Å². The third-order valence-electron chi connectivity index (χ3n) is 3.62. The van der Waals surface area contributed by atoms with E-state index in [0.29, 0.717) is 18.4 Å². The largest absolute Gasteiger partial charge is 0.338 e. The molecular weight excluding hydrogens is 255 g/mol. The van der Waals surface area contributed by atoms with Gasteiger partial charge in [0.25, 0.3) is 0 Å². The summed E-state index contributed by atoms with van der Waals surface area (Å²) in [6.45, 7) is 4.94. The molecule has 0 aromatic heterocycles. The lowest BCUT2D eigenvalue weighted by Gasteiger charge is -2.19. The van der Waals surface area contributed by atoms with Gasteiger partial charge in [-0.05, 0) is 48.8 Å². The van der Waals surface area contributed by atoms with Crippen LogP contribution in [0.3, 0.4) is 0 Å². The number of hydrogen-bond donors (Lipinski definition) is 2. The van der Waals surface area contributed by atoms with E-state index in [1.54, 1.807) is 12.1 Å². The molecule has 1 atom stereocenters. The van der Waals surface area contributed by atoms with Gasteiger partial charge in [-0.1, -0.05) is 26.0 Å². The number of benzene rings is 1. The van der Waals surface area contributed by atoms with Gasteiger partial charge in [0.1, 0.15) is 5.82 Å². The second kappa shape index (κ2) is 6.73. The zero-order valence-electron chi connectivity index (χ0n) is 12.2. The minimum absolute atomic E-state index is 0.00495. The van der Waals surface area contributed by atoms with E-state index in [2.05, 4.69) is 24.5 Å². The van der Waals surface area contributed by atoms with Crippen LogP contribution in [0.25, 0.3) is 0 Å². The first-order chi connectivity index (χ1) is 9.56. The van der Waals surface area contributed by atoms with Gasteiger partial charge in [-0.2, -0.15) is 0 Å². The van der Waals surface area contributed by atoms with Gasteiger partial charge in [0.05, 0.1) is 6.04 Å². The topological polar surface area (TPSA) is 41.1 Å². The molecule has 1 aliphatic rings. The van der Waals surface area contributed by atoms with Gasteiger partial charge in [-0.3, -0.25) is 0 Å². The highest BCUT2D eigenvalue weighted by atomic mass is 19.1. The molecular formula is C16H23FN2O. The van der Waals surface area contributed by atoms with Crippen LogP contribution in [-0.4, -0.2) is 12.6 Å². The number of halogens is 1. The molecule has 0 radical (unpaired) electrons. The molecule has 2 N–H and O–H groups in total. The summed E-state index contributed by atoms with van der Waals surface area (Å²) in [5, 5.41) is 5.90. The summed E-state index contributed by atoms with van der Waals surface area (Å²) in [5.74, 6) is 0.813. The van der Waals surface area contributed by atoms with E-state index in [9.17, 15) is 9.18 Å². The van der Waals surface area contributed by atoms with E-state index in [-0.39, 0.29) is 17.9 Å². The van der Waals surface area contributed by atoms with Crippen molar-refractivity contribution in [2.75, 3.05) is 6.54 Å². The summed E-state index contributed by atoms with van der Waals surface area (Å²) in [4.78, 5) is 11.9. The molecule has 1 aliphatic carbocycles. The van der Waals surface area contributed by atoms with Crippen molar-refractivity contribution in [2.45, 2.75) is 39.2 Å². The molecule has 0 saturated heterocycles. The second-order valence-electron chi connectivity index (χ2n) is 5.95. The lowest BCUT2D eigenvalue weighted by molar-refractivity contribution is 0.235. The van der Waals surface area contributed by atoms with Gasteiger partial charge in [-0.25, -0.2) is 9.18 Å². The van der Waals surface area contributed by atoms with Gasteiger partial charge in [-0.15, -0.1) is 0 Å². The number of hydrogen-bond acceptors (Lipinski definition) is 1. The Morgan fingerprint density at radius 3 is 2.50 bits per heavy atom. The Balaban J connectivity index is 1.89. The summed E-state index contributed by atoms with van der Waals surface area (Å²) in [7, 11) is 0. The molecule has 1 saturated carbocycles. The number of amides is 2. The van der Waals surface area contributed by atoms with Crippen LogP contribution >= 0.6 is 0 Å². The molecule has 1 unspecified atom stereocenters.